The predicted octanol–water partition coefficient (Wildman–Crippen LogP) is 4.05. The quantitative estimate of drug-likeness (QED) is 0.722. The smallest absolute Gasteiger partial charge is 0.137 e. The van der Waals surface area contributed by atoms with Crippen molar-refractivity contribution in [3.05, 3.63) is 70.1 Å². The van der Waals surface area contributed by atoms with E-state index >= 15 is 0 Å². The molecule has 3 aromatic rings. The molecule has 0 fully saturated rings. The van der Waals surface area contributed by atoms with Gasteiger partial charge < -0.3 is 4.40 Å². The maximum atomic E-state index is 12.4. The number of aryl methyl sites for hydroxylation is 2. The number of halogens is 1. The number of aromatic nitrogens is 2. The Bertz CT molecular complexity index is 857. The van der Waals surface area contributed by atoms with Crippen LogP contribution >= 0.6 is 11.6 Å². The third kappa shape index (κ3) is 3.39. The largest absolute Gasteiger partial charge is 0.305 e. The second-order valence-electron chi connectivity index (χ2n) is 5.49. The van der Waals surface area contributed by atoms with E-state index in [1.165, 1.54) is 11.1 Å². The molecular weight excluding hydrogens is 316 g/mol. The Morgan fingerprint density at radius 1 is 1.09 bits per heavy atom. The zero-order valence-electron chi connectivity index (χ0n) is 12.5. The lowest BCUT2D eigenvalue weighted by molar-refractivity contribution is 0.681. The first kappa shape index (κ1) is 15.3. The normalized spacial score (nSPS) is 12.7. The van der Waals surface area contributed by atoms with E-state index in [1.807, 2.05) is 22.7 Å². The summed E-state index contributed by atoms with van der Waals surface area (Å²) in [4.78, 5) is 4.48. The van der Waals surface area contributed by atoms with Crippen LogP contribution in [0.3, 0.4) is 0 Å². The van der Waals surface area contributed by atoms with Gasteiger partial charge in [-0.05, 0) is 42.7 Å². The molecule has 0 amide bonds. The third-order valence-electron chi connectivity index (χ3n) is 3.67. The zero-order valence-corrected chi connectivity index (χ0v) is 14.1. The Hall–Kier alpha value is -1.65. The summed E-state index contributed by atoms with van der Waals surface area (Å²) in [6.45, 7) is 4.16. The Balaban J connectivity index is 1.73. The fourth-order valence-electron chi connectivity index (χ4n) is 2.38. The van der Waals surface area contributed by atoms with Crippen LogP contribution in [-0.4, -0.2) is 13.6 Å². The van der Waals surface area contributed by atoms with Crippen molar-refractivity contribution < 1.29 is 4.21 Å². The Labute approximate surface area is 137 Å². The minimum absolute atomic E-state index is 0.451. The van der Waals surface area contributed by atoms with E-state index in [0.29, 0.717) is 16.5 Å². The molecule has 0 N–H and O–H groups in total. The van der Waals surface area contributed by atoms with Gasteiger partial charge in [0, 0.05) is 28.9 Å². The molecule has 5 heteroatoms. The van der Waals surface area contributed by atoms with Crippen LogP contribution in [0.4, 0.5) is 0 Å². The Kier molecular flexibility index (Phi) is 4.32. The van der Waals surface area contributed by atoms with Crippen LogP contribution in [-0.2, 0) is 22.3 Å². The summed E-state index contributed by atoms with van der Waals surface area (Å²) in [7, 11) is -0.978. The number of nitrogens with zero attached hydrogens (tertiary/aromatic N) is 2. The van der Waals surface area contributed by atoms with Crippen molar-refractivity contribution in [2.75, 3.05) is 0 Å². The lowest BCUT2D eigenvalue weighted by atomic mass is 10.1. The molecule has 3 rings (SSSR count). The number of imidazole rings is 1. The summed E-state index contributed by atoms with van der Waals surface area (Å²) < 4.78 is 14.2. The molecule has 0 spiro atoms. The van der Waals surface area contributed by atoms with Gasteiger partial charge in [0.05, 0.1) is 16.5 Å². The van der Waals surface area contributed by atoms with Crippen molar-refractivity contribution in [2.24, 2.45) is 0 Å². The molecular formula is C17H17ClN2OS. The van der Waals surface area contributed by atoms with E-state index in [4.69, 9.17) is 11.6 Å². The molecule has 0 aliphatic heterocycles. The van der Waals surface area contributed by atoms with Crippen LogP contribution in [0.1, 0.15) is 22.4 Å². The van der Waals surface area contributed by atoms with E-state index in [1.54, 1.807) is 12.3 Å². The van der Waals surface area contributed by atoms with Crippen LogP contribution in [0.5, 0.6) is 0 Å². The van der Waals surface area contributed by atoms with Gasteiger partial charge in [-0.2, -0.15) is 0 Å². The van der Waals surface area contributed by atoms with E-state index < -0.39 is 10.8 Å². The molecule has 0 radical (unpaired) electrons. The summed E-state index contributed by atoms with van der Waals surface area (Å²) in [5.74, 6) is 1.00. The van der Waals surface area contributed by atoms with Gasteiger partial charge in [-0.15, -0.1) is 0 Å². The topological polar surface area (TPSA) is 34.4 Å². The fraction of sp³-hybridized carbons (Fsp3) is 0.235. The molecule has 0 bridgehead atoms. The van der Waals surface area contributed by atoms with Crippen molar-refractivity contribution in [1.82, 2.24) is 9.38 Å². The molecule has 0 saturated carbocycles. The number of pyridine rings is 1. The number of rotatable bonds is 4. The lowest BCUT2D eigenvalue weighted by Crippen LogP contribution is -2.00. The summed E-state index contributed by atoms with van der Waals surface area (Å²) in [5.41, 5.74) is 5.24. The second kappa shape index (κ2) is 6.23. The van der Waals surface area contributed by atoms with Crippen LogP contribution < -0.4 is 0 Å². The van der Waals surface area contributed by atoms with Gasteiger partial charge in [0.25, 0.3) is 0 Å². The summed E-state index contributed by atoms with van der Waals surface area (Å²) in [5, 5.41) is 0.660. The van der Waals surface area contributed by atoms with Gasteiger partial charge in [-0.1, -0.05) is 29.8 Å². The highest BCUT2D eigenvalue weighted by atomic mass is 35.5. The molecule has 0 unspecified atom stereocenters. The first-order valence-corrected chi connectivity index (χ1v) is 8.92. The SMILES string of the molecule is Cc1ccc(C[S@](=O)Cc2cn3cc(Cl)ccc3n2)cc1C. The molecule has 0 aliphatic carbocycles. The molecule has 1 aromatic carbocycles. The molecule has 2 heterocycles. The van der Waals surface area contributed by atoms with Gasteiger partial charge in [0.1, 0.15) is 5.65 Å². The molecule has 0 aliphatic rings. The van der Waals surface area contributed by atoms with Gasteiger partial charge in [0.2, 0.25) is 0 Å². The van der Waals surface area contributed by atoms with Crippen molar-refractivity contribution in [3.8, 4) is 0 Å². The van der Waals surface area contributed by atoms with Gasteiger partial charge >= 0.3 is 0 Å². The average molecular weight is 333 g/mol. The standard InChI is InChI=1S/C17H17ClN2OS/c1-12-3-4-14(7-13(12)2)10-22(21)11-16-9-20-8-15(18)5-6-17(20)19-16/h3-9H,10-11H2,1-2H3/t22-/m0/s1. The maximum absolute atomic E-state index is 12.4. The van der Waals surface area contributed by atoms with Crippen molar-refractivity contribution in [3.63, 3.8) is 0 Å². The monoisotopic (exact) mass is 332 g/mol. The van der Waals surface area contributed by atoms with E-state index in [9.17, 15) is 4.21 Å². The number of hydrogen-bond acceptors (Lipinski definition) is 2. The fourth-order valence-corrected chi connectivity index (χ4v) is 3.67. The average Bonchev–Trinajstić information content (AvgIpc) is 2.84. The maximum Gasteiger partial charge on any atom is 0.137 e. The Morgan fingerprint density at radius 3 is 2.68 bits per heavy atom. The minimum Gasteiger partial charge on any atom is -0.305 e. The van der Waals surface area contributed by atoms with Crippen molar-refractivity contribution >= 4 is 28.0 Å². The first-order valence-electron chi connectivity index (χ1n) is 7.05. The highest BCUT2D eigenvalue weighted by Crippen LogP contribution is 2.15. The summed E-state index contributed by atoms with van der Waals surface area (Å²) in [6, 6.07) is 9.90. The summed E-state index contributed by atoms with van der Waals surface area (Å²) >= 11 is 5.96. The van der Waals surface area contributed by atoms with Crippen LogP contribution in [0.25, 0.3) is 5.65 Å². The van der Waals surface area contributed by atoms with Gasteiger partial charge in [-0.25, -0.2) is 4.98 Å². The van der Waals surface area contributed by atoms with Gasteiger partial charge in [-0.3, -0.25) is 4.21 Å². The molecule has 22 heavy (non-hydrogen) atoms. The third-order valence-corrected chi connectivity index (χ3v) is 5.17. The van der Waals surface area contributed by atoms with E-state index in [0.717, 1.165) is 16.9 Å². The highest BCUT2D eigenvalue weighted by Gasteiger charge is 2.08. The van der Waals surface area contributed by atoms with Crippen molar-refractivity contribution in [1.29, 1.82) is 0 Å². The first-order chi connectivity index (χ1) is 10.5. The summed E-state index contributed by atoms with van der Waals surface area (Å²) in [6.07, 6.45) is 3.69. The number of hydrogen-bond donors (Lipinski definition) is 0. The Morgan fingerprint density at radius 2 is 1.91 bits per heavy atom. The highest BCUT2D eigenvalue weighted by molar-refractivity contribution is 7.83. The molecule has 2 aromatic heterocycles. The minimum atomic E-state index is -0.978. The number of fused-ring (bicyclic) bond motifs is 1. The van der Waals surface area contributed by atoms with E-state index in [2.05, 4.69) is 31.0 Å². The van der Waals surface area contributed by atoms with Crippen LogP contribution in [0.2, 0.25) is 5.02 Å². The second-order valence-corrected chi connectivity index (χ2v) is 7.39. The lowest BCUT2D eigenvalue weighted by Gasteiger charge is -2.04. The van der Waals surface area contributed by atoms with Crippen LogP contribution in [0.15, 0.2) is 42.7 Å². The molecule has 3 nitrogen and oxygen atoms in total. The zero-order chi connectivity index (χ0) is 15.7. The molecule has 1 atom stereocenters. The van der Waals surface area contributed by atoms with E-state index in [-0.39, 0.29) is 0 Å². The molecule has 114 valence electrons. The van der Waals surface area contributed by atoms with Gasteiger partial charge in [0.15, 0.2) is 0 Å². The molecule has 0 saturated heterocycles. The predicted molar refractivity (Wildman–Crippen MR) is 91.7 cm³/mol. The van der Waals surface area contributed by atoms with Crippen LogP contribution in [0, 0.1) is 13.8 Å². The van der Waals surface area contributed by atoms with Crippen molar-refractivity contribution in [2.45, 2.75) is 25.4 Å². The number of benzene rings is 1.